The van der Waals surface area contributed by atoms with Crippen molar-refractivity contribution < 1.29 is 14.3 Å². The molecule has 3 rings (SSSR count). The van der Waals surface area contributed by atoms with Crippen LogP contribution in [0.15, 0.2) is 54.7 Å². The number of carbonyl (C=O) groups excluding carboxylic acids is 1. The smallest absolute Gasteiger partial charge is 0.251 e. The molecule has 0 spiro atoms. The summed E-state index contributed by atoms with van der Waals surface area (Å²) in [6.45, 7) is 2.15. The standard InChI is InChI=1S/C19H21N3O3/c1-24-11-9-20-19(23)15-7-8-18-16(13-15)14-22(21-18)10-12-25-17-5-3-2-4-6-17/h2-8,13-14H,9-12H2,1H3,(H,20,23). The molecule has 0 saturated heterocycles. The molecule has 0 atom stereocenters. The zero-order valence-electron chi connectivity index (χ0n) is 14.1. The third kappa shape index (κ3) is 4.58. The zero-order valence-corrected chi connectivity index (χ0v) is 14.1. The van der Waals surface area contributed by atoms with Crippen molar-refractivity contribution in [3.63, 3.8) is 0 Å². The summed E-state index contributed by atoms with van der Waals surface area (Å²) in [4.78, 5) is 12.1. The van der Waals surface area contributed by atoms with Gasteiger partial charge in [0.15, 0.2) is 0 Å². The van der Waals surface area contributed by atoms with Crippen LogP contribution in [0.2, 0.25) is 0 Å². The van der Waals surface area contributed by atoms with Crippen molar-refractivity contribution in [2.75, 3.05) is 26.9 Å². The lowest BCUT2D eigenvalue weighted by Crippen LogP contribution is -2.26. The number of ether oxygens (including phenoxy) is 2. The maximum absolute atomic E-state index is 12.1. The summed E-state index contributed by atoms with van der Waals surface area (Å²) in [5.74, 6) is 0.730. The van der Waals surface area contributed by atoms with E-state index in [0.717, 1.165) is 16.7 Å². The van der Waals surface area contributed by atoms with Crippen LogP contribution in [0.3, 0.4) is 0 Å². The Kier molecular flexibility index (Phi) is 5.64. The summed E-state index contributed by atoms with van der Waals surface area (Å²) in [5, 5.41) is 8.25. The topological polar surface area (TPSA) is 65.4 Å². The van der Waals surface area contributed by atoms with E-state index < -0.39 is 0 Å². The number of hydrogen-bond donors (Lipinski definition) is 1. The van der Waals surface area contributed by atoms with Crippen LogP contribution in [-0.4, -0.2) is 42.6 Å². The molecule has 1 aromatic heterocycles. The fourth-order valence-corrected chi connectivity index (χ4v) is 2.48. The van der Waals surface area contributed by atoms with E-state index >= 15 is 0 Å². The van der Waals surface area contributed by atoms with Crippen molar-refractivity contribution in [1.29, 1.82) is 0 Å². The van der Waals surface area contributed by atoms with Gasteiger partial charge in [-0.3, -0.25) is 9.48 Å². The Morgan fingerprint density at radius 3 is 2.80 bits per heavy atom. The van der Waals surface area contributed by atoms with Crippen LogP contribution < -0.4 is 10.1 Å². The summed E-state index contributed by atoms with van der Waals surface area (Å²) in [5.41, 5.74) is 1.47. The first-order valence-corrected chi connectivity index (χ1v) is 8.18. The van der Waals surface area contributed by atoms with Crippen molar-refractivity contribution in [3.05, 3.63) is 60.3 Å². The lowest BCUT2D eigenvalue weighted by molar-refractivity contribution is 0.0937. The zero-order chi connectivity index (χ0) is 17.5. The number of nitrogens with one attached hydrogen (secondary N) is 1. The molecular formula is C19H21N3O3. The highest BCUT2D eigenvalue weighted by Gasteiger charge is 2.08. The minimum atomic E-state index is -0.112. The van der Waals surface area contributed by atoms with Crippen LogP contribution in [0.25, 0.3) is 10.9 Å². The fourth-order valence-electron chi connectivity index (χ4n) is 2.48. The van der Waals surface area contributed by atoms with E-state index in [2.05, 4.69) is 10.4 Å². The number of benzene rings is 2. The van der Waals surface area contributed by atoms with Gasteiger partial charge in [-0.2, -0.15) is 5.10 Å². The maximum atomic E-state index is 12.1. The van der Waals surface area contributed by atoms with Crippen molar-refractivity contribution >= 4 is 16.8 Å². The quantitative estimate of drug-likeness (QED) is 0.641. The second-order valence-electron chi connectivity index (χ2n) is 5.58. The molecule has 25 heavy (non-hydrogen) atoms. The third-order valence-corrected chi connectivity index (χ3v) is 3.74. The van der Waals surface area contributed by atoms with Crippen LogP contribution in [-0.2, 0) is 11.3 Å². The summed E-state index contributed by atoms with van der Waals surface area (Å²) >= 11 is 0. The van der Waals surface area contributed by atoms with E-state index in [4.69, 9.17) is 9.47 Å². The Balaban J connectivity index is 1.61. The number of amides is 1. The predicted octanol–water partition coefficient (Wildman–Crippen LogP) is 2.49. The van der Waals surface area contributed by atoms with Crippen LogP contribution in [0, 0.1) is 0 Å². The molecule has 2 aromatic carbocycles. The second-order valence-corrected chi connectivity index (χ2v) is 5.58. The SMILES string of the molecule is COCCNC(=O)c1ccc2nn(CCOc3ccccc3)cc2c1. The monoisotopic (exact) mass is 339 g/mol. The molecule has 1 amide bonds. The highest BCUT2D eigenvalue weighted by Crippen LogP contribution is 2.15. The van der Waals surface area contributed by atoms with Crippen LogP contribution in [0.5, 0.6) is 5.75 Å². The summed E-state index contributed by atoms with van der Waals surface area (Å²) in [6, 6.07) is 15.2. The van der Waals surface area contributed by atoms with Gasteiger partial charge in [0.1, 0.15) is 12.4 Å². The molecule has 130 valence electrons. The van der Waals surface area contributed by atoms with E-state index in [-0.39, 0.29) is 5.91 Å². The first-order chi connectivity index (χ1) is 12.3. The molecule has 0 unspecified atom stereocenters. The molecule has 0 bridgehead atoms. The van der Waals surface area contributed by atoms with E-state index in [9.17, 15) is 4.79 Å². The summed E-state index contributed by atoms with van der Waals surface area (Å²) in [7, 11) is 1.61. The highest BCUT2D eigenvalue weighted by molar-refractivity contribution is 5.97. The first kappa shape index (κ1) is 17.0. The Labute approximate surface area is 146 Å². The Morgan fingerprint density at radius 1 is 1.16 bits per heavy atom. The van der Waals surface area contributed by atoms with Crippen molar-refractivity contribution in [3.8, 4) is 5.75 Å². The van der Waals surface area contributed by atoms with Crippen LogP contribution in [0.1, 0.15) is 10.4 Å². The van der Waals surface area contributed by atoms with Gasteiger partial charge in [-0.25, -0.2) is 0 Å². The van der Waals surface area contributed by atoms with Gasteiger partial charge in [-0.05, 0) is 30.3 Å². The van der Waals surface area contributed by atoms with Gasteiger partial charge < -0.3 is 14.8 Å². The molecule has 0 radical (unpaired) electrons. The Morgan fingerprint density at radius 2 is 2.00 bits per heavy atom. The molecule has 0 aliphatic rings. The number of para-hydroxylation sites is 1. The molecule has 1 heterocycles. The fraction of sp³-hybridized carbons (Fsp3) is 0.263. The molecular weight excluding hydrogens is 318 g/mol. The lowest BCUT2D eigenvalue weighted by atomic mass is 10.1. The minimum absolute atomic E-state index is 0.112. The molecule has 0 aliphatic carbocycles. The van der Waals surface area contributed by atoms with Gasteiger partial charge in [0, 0.05) is 30.8 Å². The average molecular weight is 339 g/mol. The molecule has 6 heteroatoms. The van der Waals surface area contributed by atoms with Gasteiger partial charge in [0.2, 0.25) is 0 Å². The van der Waals surface area contributed by atoms with Crippen molar-refractivity contribution in [1.82, 2.24) is 15.1 Å². The van der Waals surface area contributed by atoms with E-state index in [1.165, 1.54) is 0 Å². The molecule has 0 saturated carbocycles. The first-order valence-electron chi connectivity index (χ1n) is 8.18. The van der Waals surface area contributed by atoms with E-state index in [0.29, 0.717) is 31.9 Å². The number of fused-ring (bicyclic) bond motifs is 1. The van der Waals surface area contributed by atoms with Gasteiger partial charge in [0.25, 0.3) is 5.91 Å². The second kappa shape index (κ2) is 8.30. The summed E-state index contributed by atoms with van der Waals surface area (Å²) < 4.78 is 12.5. The number of rotatable bonds is 8. The van der Waals surface area contributed by atoms with Gasteiger partial charge in [0.05, 0.1) is 18.7 Å². The van der Waals surface area contributed by atoms with Gasteiger partial charge in [-0.1, -0.05) is 18.2 Å². The number of hydrogen-bond acceptors (Lipinski definition) is 4. The van der Waals surface area contributed by atoms with Gasteiger partial charge >= 0.3 is 0 Å². The Bertz CT molecular complexity index is 830. The van der Waals surface area contributed by atoms with E-state index in [1.807, 2.05) is 53.3 Å². The van der Waals surface area contributed by atoms with Crippen LogP contribution >= 0.6 is 0 Å². The van der Waals surface area contributed by atoms with Crippen molar-refractivity contribution in [2.45, 2.75) is 6.54 Å². The number of methoxy groups -OCH3 is 1. The van der Waals surface area contributed by atoms with Crippen LogP contribution in [0.4, 0.5) is 0 Å². The molecule has 3 aromatic rings. The predicted molar refractivity (Wildman–Crippen MR) is 95.9 cm³/mol. The normalized spacial score (nSPS) is 10.8. The number of carbonyl (C=O) groups is 1. The number of aromatic nitrogens is 2. The highest BCUT2D eigenvalue weighted by atomic mass is 16.5. The lowest BCUT2D eigenvalue weighted by Gasteiger charge is -2.05. The Hall–Kier alpha value is -2.86. The molecule has 0 fully saturated rings. The number of nitrogens with zero attached hydrogens (tertiary/aromatic N) is 2. The molecule has 0 aliphatic heterocycles. The van der Waals surface area contributed by atoms with Crippen molar-refractivity contribution in [2.24, 2.45) is 0 Å². The molecule has 1 N–H and O–H groups in total. The average Bonchev–Trinajstić information content (AvgIpc) is 3.04. The minimum Gasteiger partial charge on any atom is -0.492 e. The maximum Gasteiger partial charge on any atom is 0.251 e. The third-order valence-electron chi connectivity index (χ3n) is 3.74. The largest absolute Gasteiger partial charge is 0.492 e. The van der Waals surface area contributed by atoms with Gasteiger partial charge in [-0.15, -0.1) is 0 Å². The van der Waals surface area contributed by atoms with E-state index in [1.54, 1.807) is 13.2 Å². The molecule has 6 nitrogen and oxygen atoms in total. The summed E-state index contributed by atoms with van der Waals surface area (Å²) in [6.07, 6.45) is 1.93.